The maximum atomic E-state index is 11.0. The zero-order valence-electron chi connectivity index (χ0n) is 6.43. The van der Waals surface area contributed by atoms with E-state index in [0.717, 1.165) is 5.75 Å². The Hall–Kier alpha value is -0.680. The zero-order valence-corrected chi connectivity index (χ0v) is 8.00. The molecule has 6 heteroatoms. The molecule has 0 fully saturated rings. The van der Waals surface area contributed by atoms with Crippen LogP contribution in [0.15, 0.2) is 9.95 Å². The van der Waals surface area contributed by atoms with Crippen molar-refractivity contribution in [2.45, 2.75) is 12.1 Å². The van der Waals surface area contributed by atoms with Crippen LogP contribution >= 0.6 is 23.4 Å². The highest BCUT2D eigenvalue weighted by Gasteiger charge is 2.04. The van der Waals surface area contributed by atoms with E-state index < -0.39 is 0 Å². The van der Waals surface area contributed by atoms with E-state index >= 15 is 0 Å². The second-order valence-corrected chi connectivity index (χ2v) is 3.63. The average Bonchev–Trinajstić information content (AvgIpc) is 2.01. The summed E-state index contributed by atoms with van der Waals surface area (Å²) in [7, 11) is 0. The van der Waals surface area contributed by atoms with Gasteiger partial charge in [-0.1, -0.05) is 30.3 Å². The summed E-state index contributed by atoms with van der Waals surface area (Å²) in [5.74, 6) is 0.903. The summed E-state index contributed by atoms with van der Waals surface area (Å²) < 4.78 is 0. The summed E-state index contributed by atoms with van der Waals surface area (Å²) in [6, 6.07) is 0. The van der Waals surface area contributed by atoms with Gasteiger partial charge >= 0.3 is 0 Å². The third-order valence-electron chi connectivity index (χ3n) is 1.15. The molecule has 0 aliphatic rings. The Balaban J connectivity index is 3.13. The Morgan fingerprint density at radius 3 is 2.92 bits per heavy atom. The number of hydrogen-bond donors (Lipinski definition) is 2. The van der Waals surface area contributed by atoms with Gasteiger partial charge in [0, 0.05) is 0 Å². The van der Waals surface area contributed by atoms with Gasteiger partial charge in [-0.25, -0.2) is 4.98 Å². The minimum Gasteiger partial charge on any atom is -0.382 e. The van der Waals surface area contributed by atoms with Crippen molar-refractivity contribution in [1.82, 2.24) is 9.97 Å². The first-order valence-electron chi connectivity index (χ1n) is 3.33. The molecule has 66 valence electrons. The number of thioether (sulfide) groups is 1. The molecule has 0 aliphatic carbocycles. The molecule has 0 saturated carbocycles. The van der Waals surface area contributed by atoms with Crippen LogP contribution < -0.4 is 11.3 Å². The van der Waals surface area contributed by atoms with Gasteiger partial charge in [-0.05, 0) is 5.75 Å². The fourth-order valence-corrected chi connectivity index (χ4v) is 1.35. The van der Waals surface area contributed by atoms with Gasteiger partial charge in [0.2, 0.25) is 0 Å². The monoisotopic (exact) mass is 205 g/mol. The third kappa shape index (κ3) is 1.92. The molecule has 0 amide bonds. The first-order chi connectivity index (χ1) is 5.65. The quantitative estimate of drug-likeness (QED) is 0.561. The van der Waals surface area contributed by atoms with Crippen LogP contribution in [0.25, 0.3) is 0 Å². The minimum atomic E-state index is -0.389. The molecule has 0 unspecified atom stereocenters. The molecule has 12 heavy (non-hydrogen) atoms. The summed E-state index contributed by atoms with van der Waals surface area (Å²) in [6.45, 7) is 1.95. The van der Waals surface area contributed by atoms with Crippen LogP contribution in [0, 0.1) is 0 Å². The smallest absolute Gasteiger partial charge is 0.272 e. The number of hydrogen-bond acceptors (Lipinski definition) is 4. The summed E-state index contributed by atoms with van der Waals surface area (Å²) in [5, 5.41) is 0.458. The number of rotatable bonds is 2. The van der Waals surface area contributed by atoms with Crippen molar-refractivity contribution in [3.05, 3.63) is 15.4 Å². The van der Waals surface area contributed by atoms with Crippen LogP contribution in [0.4, 0.5) is 5.82 Å². The van der Waals surface area contributed by atoms with E-state index in [1.807, 2.05) is 6.92 Å². The zero-order chi connectivity index (χ0) is 9.14. The van der Waals surface area contributed by atoms with Gasteiger partial charge in [-0.3, -0.25) is 4.79 Å². The van der Waals surface area contributed by atoms with E-state index in [1.165, 1.54) is 11.8 Å². The standard InChI is InChI=1S/C6H8ClN3OS/c1-2-12-6-9-4(8)3(7)5(11)10-6/h2H2,1H3,(H3,8,9,10,11). The Kier molecular flexibility index (Phi) is 2.99. The Bertz CT molecular complexity index is 338. The van der Waals surface area contributed by atoms with Gasteiger partial charge in [0.25, 0.3) is 5.56 Å². The van der Waals surface area contributed by atoms with E-state index in [9.17, 15) is 4.79 Å². The van der Waals surface area contributed by atoms with Crippen LogP contribution in [0.3, 0.4) is 0 Å². The third-order valence-corrected chi connectivity index (χ3v) is 2.27. The number of nitrogens with two attached hydrogens (primary N) is 1. The van der Waals surface area contributed by atoms with Gasteiger partial charge in [0.15, 0.2) is 11.0 Å². The van der Waals surface area contributed by atoms with Crippen molar-refractivity contribution < 1.29 is 0 Å². The largest absolute Gasteiger partial charge is 0.382 e. The molecule has 0 radical (unpaired) electrons. The van der Waals surface area contributed by atoms with Gasteiger partial charge < -0.3 is 10.7 Å². The first kappa shape index (κ1) is 9.41. The molecule has 0 saturated heterocycles. The van der Waals surface area contributed by atoms with E-state index in [1.54, 1.807) is 0 Å². The fraction of sp³-hybridized carbons (Fsp3) is 0.333. The summed E-state index contributed by atoms with van der Waals surface area (Å²) in [6.07, 6.45) is 0. The predicted octanol–water partition coefficient (Wildman–Crippen LogP) is 1.12. The Morgan fingerprint density at radius 1 is 1.75 bits per heavy atom. The van der Waals surface area contributed by atoms with Crippen molar-refractivity contribution in [3.63, 3.8) is 0 Å². The van der Waals surface area contributed by atoms with Crippen LogP contribution in [0.2, 0.25) is 5.02 Å². The molecule has 4 nitrogen and oxygen atoms in total. The van der Waals surface area contributed by atoms with Gasteiger partial charge in [-0.15, -0.1) is 0 Å². The van der Waals surface area contributed by atoms with E-state index in [-0.39, 0.29) is 16.4 Å². The predicted molar refractivity (Wildman–Crippen MR) is 50.7 cm³/mol. The fourth-order valence-electron chi connectivity index (χ4n) is 0.660. The van der Waals surface area contributed by atoms with Gasteiger partial charge in [-0.2, -0.15) is 0 Å². The van der Waals surface area contributed by atoms with Crippen molar-refractivity contribution in [2.75, 3.05) is 11.5 Å². The van der Waals surface area contributed by atoms with E-state index in [0.29, 0.717) is 5.16 Å². The van der Waals surface area contributed by atoms with Crippen molar-refractivity contribution in [1.29, 1.82) is 0 Å². The molecular formula is C6H8ClN3OS. The Morgan fingerprint density at radius 2 is 2.42 bits per heavy atom. The Labute approximate surface area is 78.5 Å². The first-order valence-corrected chi connectivity index (χ1v) is 4.69. The lowest BCUT2D eigenvalue weighted by atomic mass is 10.6. The topological polar surface area (TPSA) is 71.8 Å². The molecular weight excluding hydrogens is 198 g/mol. The molecule has 3 N–H and O–H groups in total. The number of nitrogens with zero attached hydrogens (tertiary/aromatic N) is 1. The maximum Gasteiger partial charge on any atom is 0.272 e. The molecule has 0 aliphatic heterocycles. The minimum absolute atomic E-state index is 0.0459. The number of H-pyrrole nitrogens is 1. The lowest BCUT2D eigenvalue weighted by Gasteiger charge is -1.99. The number of halogens is 1. The molecule has 1 aromatic rings. The normalized spacial score (nSPS) is 10.2. The SMILES string of the molecule is CCSc1nc(N)c(Cl)c(=O)[nH]1. The molecule has 1 rings (SSSR count). The number of aromatic amines is 1. The number of nitrogens with one attached hydrogen (secondary N) is 1. The molecule has 0 atom stereocenters. The van der Waals surface area contributed by atoms with Gasteiger partial charge in [0.1, 0.15) is 5.02 Å². The molecule has 0 spiro atoms. The van der Waals surface area contributed by atoms with Crippen molar-refractivity contribution in [2.24, 2.45) is 0 Å². The molecule has 1 aromatic heterocycles. The molecule has 1 heterocycles. The summed E-state index contributed by atoms with van der Waals surface area (Å²) in [5.41, 5.74) is 4.99. The lowest BCUT2D eigenvalue weighted by molar-refractivity contribution is 0.946. The number of nitrogen functional groups attached to an aromatic ring is 1. The van der Waals surface area contributed by atoms with Crippen LogP contribution in [0.5, 0.6) is 0 Å². The van der Waals surface area contributed by atoms with E-state index in [2.05, 4.69) is 9.97 Å². The van der Waals surface area contributed by atoms with Crippen molar-refractivity contribution >= 4 is 29.2 Å². The number of aromatic nitrogens is 2. The van der Waals surface area contributed by atoms with Crippen molar-refractivity contribution in [3.8, 4) is 0 Å². The highest BCUT2D eigenvalue weighted by molar-refractivity contribution is 7.99. The van der Waals surface area contributed by atoms with Crippen LogP contribution in [0.1, 0.15) is 6.92 Å². The van der Waals surface area contributed by atoms with E-state index in [4.69, 9.17) is 17.3 Å². The molecule has 0 aromatic carbocycles. The summed E-state index contributed by atoms with van der Waals surface area (Å²) >= 11 is 6.92. The maximum absolute atomic E-state index is 11.0. The summed E-state index contributed by atoms with van der Waals surface area (Å²) in [4.78, 5) is 17.4. The second-order valence-electron chi connectivity index (χ2n) is 2.00. The highest BCUT2D eigenvalue weighted by atomic mass is 35.5. The van der Waals surface area contributed by atoms with Crippen LogP contribution in [-0.4, -0.2) is 15.7 Å². The molecule has 0 bridgehead atoms. The van der Waals surface area contributed by atoms with Crippen LogP contribution in [-0.2, 0) is 0 Å². The number of anilines is 1. The second kappa shape index (κ2) is 3.82. The lowest BCUT2D eigenvalue weighted by Crippen LogP contribution is -2.12. The van der Waals surface area contributed by atoms with Gasteiger partial charge in [0.05, 0.1) is 0 Å². The average molecular weight is 206 g/mol. The highest BCUT2D eigenvalue weighted by Crippen LogP contribution is 2.15.